The highest BCUT2D eigenvalue weighted by Crippen LogP contribution is 2.42. The number of aromatic nitrogens is 2. The van der Waals surface area contributed by atoms with Crippen LogP contribution in [0.15, 0.2) is 30.5 Å². The third kappa shape index (κ3) is 5.23. The van der Waals surface area contributed by atoms with Gasteiger partial charge >= 0.3 is 5.97 Å². The van der Waals surface area contributed by atoms with Crippen LogP contribution in [0.4, 0.5) is 10.2 Å². The Morgan fingerprint density at radius 1 is 1.30 bits per heavy atom. The molecule has 2 aromatic rings. The second-order valence-electron chi connectivity index (χ2n) is 8.76. The number of amides is 1. The maximum absolute atomic E-state index is 15.6. The first-order valence-electron chi connectivity index (χ1n) is 11.3. The summed E-state index contributed by atoms with van der Waals surface area (Å²) in [6, 6.07) is 7.31. The van der Waals surface area contributed by atoms with Crippen molar-refractivity contribution in [3.63, 3.8) is 0 Å². The van der Waals surface area contributed by atoms with Gasteiger partial charge in [0.25, 0.3) is 0 Å². The summed E-state index contributed by atoms with van der Waals surface area (Å²) in [6.07, 6.45) is 4.81. The number of halogens is 1. The van der Waals surface area contributed by atoms with Gasteiger partial charge in [-0.3, -0.25) is 9.59 Å². The number of pyridine rings is 2. The van der Waals surface area contributed by atoms with Crippen molar-refractivity contribution in [3.8, 4) is 5.88 Å². The third-order valence-corrected chi connectivity index (χ3v) is 6.41. The normalized spacial score (nSPS) is 17.3. The Balaban J connectivity index is 1.31. The second kappa shape index (κ2) is 9.72. The van der Waals surface area contributed by atoms with Gasteiger partial charge < -0.3 is 20.1 Å². The van der Waals surface area contributed by atoms with Gasteiger partial charge in [-0.05, 0) is 42.9 Å². The van der Waals surface area contributed by atoms with Gasteiger partial charge in [0.2, 0.25) is 11.8 Å². The quantitative estimate of drug-likeness (QED) is 0.598. The summed E-state index contributed by atoms with van der Waals surface area (Å²) in [4.78, 5) is 34.1. The number of carbonyl (C=O) groups excluding carboxylic acids is 1. The average Bonchev–Trinajstić information content (AvgIpc) is 2.80. The number of hydrogen-bond acceptors (Lipinski definition) is 6. The van der Waals surface area contributed by atoms with Gasteiger partial charge in [-0.15, -0.1) is 0 Å². The Morgan fingerprint density at radius 2 is 2.12 bits per heavy atom. The number of carboxylic acid groups (broad SMARTS) is 1. The maximum atomic E-state index is 15.6. The molecular formula is C24H29FN4O4. The lowest BCUT2D eigenvalue weighted by Gasteiger charge is -2.48. The molecule has 2 aliphatic heterocycles. The maximum Gasteiger partial charge on any atom is 0.304 e. The Morgan fingerprint density at radius 3 is 2.82 bits per heavy atom. The predicted octanol–water partition coefficient (Wildman–Crippen LogP) is 2.98. The van der Waals surface area contributed by atoms with Gasteiger partial charge in [0, 0.05) is 36.8 Å². The molecule has 0 bridgehead atoms. The van der Waals surface area contributed by atoms with Gasteiger partial charge in [0.1, 0.15) is 5.82 Å². The number of hydrogen-bond donors (Lipinski definition) is 2. The predicted molar refractivity (Wildman–Crippen MR) is 120 cm³/mol. The average molecular weight is 457 g/mol. The van der Waals surface area contributed by atoms with Crippen LogP contribution in [0.25, 0.3) is 0 Å². The van der Waals surface area contributed by atoms with E-state index in [1.54, 1.807) is 12.1 Å². The van der Waals surface area contributed by atoms with E-state index in [4.69, 9.17) is 4.74 Å². The lowest BCUT2D eigenvalue weighted by atomic mass is 9.76. The molecule has 33 heavy (non-hydrogen) atoms. The molecule has 0 unspecified atom stereocenters. The highest BCUT2D eigenvalue weighted by molar-refractivity contribution is 5.77. The van der Waals surface area contributed by atoms with Gasteiger partial charge in [-0.2, -0.15) is 0 Å². The summed E-state index contributed by atoms with van der Waals surface area (Å²) in [5.74, 6) is -0.793. The summed E-state index contributed by atoms with van der Waals surface area (Å²) in [7, 11) is 1.47. The number of rotatable bonds is 9. The van der Waals surface area contributed by atoms with Gasteiger partial charge in [0.15, 0.2) is 5.67 Å². The van der Waals surface area contributed by atoms with Crippen molar-refractivity contribution in [2.24, 2.45) is 0 Å². The van der Waals surface area contributed by atoms with Crippen molar-refractivity contribution in [3.05, 3.63) is 47.3 Å². The number of aryl methyl sites for hydroxylation is 2. The van der Waals surface area contributed by atoms with Crippen LogP contribution in [-0.4, -0.2) is 64.3 Å². The molecular weight excluding hydrogens is 427 g/mol. The molecule has 0 aromatic carbocycles. The summed E-state index contributed by atoms with van der Waals surface area (Å²) >= 11 is 0. The second-order valence-corrected chi connectivity index (χ2v) is 8.76. The van der Waals surface area contributed by atoms with E-state index in [9.17, 15) is 14.7 Å². The minimum atomic E-state index is -1.80. The van der Waals surface area contributed by atoms with Crippen LogP contribution in [0.1, 0.15) is 48.4 Å². The lowest BCUT2D eigenvalue weighted by molar-refractivity contribution is -0.150. The third-order valence-electron chi connectivity index (χ3n) is 6.41. The zero-order valence-corrected chi connectivity index (χ0v) is 18.7. The van der Waals surface area contributed by atoms with Crippen LogP contribution in [-0.2, 0) is 22.4 Å². The molecule has 0 saturated carbocycles. The SMILES string of the molecule is COc1ccc([C@H](CC(=O)O)C2(F)CN(C(=O)CCCc3ccc4c(n3)NCCC4)C2)cn1. The van der Waals surface area contributed by atoms with E-state index in [1.807, 2.05) is 6.07 Å². The molecule has 9 heteroatoms. The van der Waals surface area contributed by atoms with Crippen molar-refractivity contribution in [1.82, 2.24) is 14.9 Å². The van der Waals surface area contributed by atoms with Gasteiger partial charge in [-0.1, -0.05) is 12.1 Å². The van der Waals surface area contributed by atoms with Crippen LogP contribution in [0.2, 0.25) is 0 Å². The molecule has 1 amide bonds. The molecule has 4 rings (SSSR count). The van der Waals surface area contributed by atoms with E-state index >= 15 is 4.39 Å². The first kappa shape index (κ1) is 22.9. The molecule has 0 aliphatic carbocycles. The number of fused-ring (bicyclic) bond motifs is 1. The number of ether oxygens (including phenoxy) is 1. The molecule has 1 atom stereocenters. The van der Waals surface area contributed by atoms with Gasteiger partial charge in [0.05, 0.1) is 26.6 Å². The number of anilines is 1. The Kier molecular flexibility index (Phi) is 6.76. The monoisotopic (exact) mass is 456 g/mol. The van der Waals surface area contributed by atoms with E-state index in [2.05, 4.69) is 21.4 Å². The van der Waals surface area contributed by atoms with Crippen molar-refractivity contribution in [2.45, 2.75) is 50.1 Å². The molecule has 176 valence electrons. The van der Waals surface area contributed by atoms with Crippen LogP contribution in [0.3, 0.4) is 0 Å². The first-order chi connectivity index (χ1) is 15.9. The summed E-state index contributed by atoms with van der Waals surface area (Å²) in [5.41, 5.74) is 0.854. The number of likely N-dealkylation sites (tertiary alicyclic amines) is 1. The summed E-state index contributed by atoms with van der Waals surface area (Å²) in [5, 5.41) is 12.6. The van der Waals surface area contributed by atoms with Crippen molar-refractivity contribution in [1.29, 1.82) is 0 Å². The Labute approximate surface area is 192 Å². The van der Waals surface area contributed by atoms with Crippen molar-refractivity contribution in [2.75, 3.05) is 32.1 Å². The number of methoxy groups -OCH3 is 1. The molecule has 2 aliphatic rings. The molecule has 4 heterocycles. The smallest absolute Gasteiger partial charge is 0.304 e. The van der Waals surface area contributed by atoms with Crippen molar-refractivity contribution < 1.29 is 23.8 Å². The fourth-order valence-corrected chi connectivity index (χ4v) is 4.56. The molecule has 8 nitrogen and oxygen atoms in total. The molecule has 0 radical (unpaired) electrons. The number of aliphatic carboxylic acids is 1. The molecule has 1 saturated heterocycles. The number of carboxylic acids is 1. The fraction of sp³-hybridized carbons (Fsp3) is 0.500. The summed E-state index contributed by atoms with van der Waals surface area (Å²) < 4.78 is 20.6. The van der Waals surface area contributed by atoms with E-state index in [0.717, 1.165) is 30.9 Å². The Hall–Kier alpha value is -3.23. The van der Waals surface area contributed by atoms with Crippen LogP contribution in [0.5, 0.6) is 5.88 Å². The fourth-order valence-electron chi connectivity index (χ4n) is 4.56. The Bertz CT molecular complexity index is 1010. The van der Waals surface area contributed by atoms with Crippen LogP contribution >= 0.6 is 0 Å². The van der Waals surface area contributed by atoms with Crippen molar-refractivity contribution >= 4 is 17.7 Å². The minimum absolute atomic E-state index is 0.114. The van der Waals surface area contributed by atoms with E-state index in [0.29, 0.717) is 30.7 Å². The zero-order chi connectivity index (χ0) is 23.4. The number of alkyl halides is 1. The molecule has 1 fully saturated rings. The summed E-state index contributed by atoms with van der Waals surface area (Å²) in [6.45, 7) is 0.699. The topological polar surface area (TPSA) is 105 Å². The molecule has 2 aromatic heterocycles. The van der Waals surface area contributed by atoms with Crippen LogP contribution in [0, 0.1) is 0 Å². The van der Waals surface area contributed by atoms with Crippen LogP contribution < -0.4 is 10.1 Å². The largest absolute Gasteiger partial charge is 0.481 e. The number of nitrogens with one attached hydrogen (secondary N) is 1. The zero-order valence-electron chi connectivity index (χ0n) is 18.7. The van der Waals surface area contributed by atoms with E-state index in [-0.39, 0.29) is 25.4 Å². The molecule has 0 spiro atoms. The minimum Gasteiger partial charge on any atom is -0.481 e. The molecule has 2 N–H and O–H groups in total. The first-order valence-corrected chi connectivity index (χ1v) is 11.3. The number of nitrogens with zero attached hydrogens (tertiary/aromatic N) is 3. The highest BCUT2D eigenvalue weighted by Gasteiger charge is 2.52. The highest BCUT2D eigenvalue weighted by atomic mass is 19.1. The van der Waals surface area contributed by atoms with Gasteiger partial charge in [-0.25, -0.2) is 14.4 Å². The van der Waals surface area contributed by atoms with E-state index in [1.165, 1.54) is 23.8 Å². The lowest BCUT2D eigenvalue weighted by Crippen LogP contribution is -2.63. The standard InChI is InChI=1S/C24H29FN4O4/c1-33-20-10-8-17(13-27-20)19(12-22(31)32)24(25)14-29(15-24)21(30)6-2-5-18-9-7-16-4-3-11-26-23(16)28-18/h7-10,13,19H,2-6,11-12,14-15H2,1H3,(H,26,28)(H,31,32)/t19-/m0/s1. The van der Waals surface area contributed by atoms with E-state index < -0.39 is 17.6 Å². The number of carbonyl (C=O) groups is 2.